The minimum atomic E-state index is 0.638. The lowest BCUT2D eigenvalue weighted by molar-refractivity contribution is 0.322. The van der Waals surface area contributed by atoms with Crippen molar-refractivity contribution in [1.82, 2.24) is 0 Å². The zero-order chi connectivity index (χ0) is 11.4. The number of rotatable bonds is 4. The molecule has 0 atom stereocenters. The van der Waals surface area contributed by atoms with Gasteiger partial charge in [0.15, 0.2) is 0 Å². The van der Waals surface area contributed by atoms with Crippen LogP contribution in [0.15, 0.2) is 49.3 Å². The van der Waals surface area contributed by atoms with Gasteiger partial charge in [0.05, 0.1) is 6.61 Å². The van der Waals surface area contributed by atoms with E-state index in [1.807, 2.05) is 36.4 Å². The zero-order valence-electron chi connectivity index (χ0n) is 9.11. The molecule has 0 unspecified atom stereocenters. The Morgan fingerprint density at radius 1 is 1.31 bits per heavy atom. The minimum Gasteiger partial charge on any atom is -0.493 e. The molecule has 1 heterocycles. The number of ether oxygens (including phenoxy) is 2. The Balaban J connectivity index is 2.13. The summed E-state index contributed by atoms with van der Waals surface area (Å²) in [4.78, 5) is 0. The van der Waals surface area contributed by atoms with Gasteiger partial charge in [0, 0.05) is 11.6 Å². The van der Waals surface area contributed by atoms with Crippen LogP contribution in [-0.4, -0.2) is 6.61 Å². The van der Waals surface area contributed by atoms with Crippen molar-refractivity contribution in [3.63, 3.8) is 0 Å². The highest BCUT2D eigenvalue weighted by Gasteiger charge is 2.08. The largest absolute Gasteiger partial charge is 0.493 e. The second-order valence-corrected chi connectivity index (χ2v) is 3.53. The highest BCUT2D eigenvalue weighted by Crippen LogP contribution is 2.30. The molecule has 1 aliphatic rings. The van der Waals surface area contributed by atoms with E-state index in [0.29, 0.717) is 12.4 Å². The standard InChI is InChI=1S/C14H14O2/c1-3-4-9-15-13-8-7-12-6-5-11(2)16-14(12)10-13/h3,5-8,10H,1-2,4,9H2. The van der Waals surface area contributed by atoms with Crippen LogP contribution < -0.4 is 9.47 Å². The normalized spacial score (nSPS) is 12.9. The SMILES string of the molecule is C=CCCOc1ccc2c(c1)OC(=C)C=C2. The van der Waals surface area contributed by atoms with Crippen molar-refractivity contribution in [2.75, 3.05) is 6.61 Å². The zero-order valence-corrected chi connectivity index (χ0v) is 9.11. The summed E-state index contributed by atoms with van der Waals surface area (Å²) in [6, 6.07) is 5.79. The molecule has 0 aromatic heterocycles. The van der Waals surface area contributed by atoms with E-state index in [1.165, 1.54) is 0 Å². The second kappa shape index (κ2) is 4.71. The van der Waals surface area contributed by atoms with Crippen molar-refractivity contribution in [3.05, 3.63) is 54.8 Å². The third kappa shape index (κ3) is 2.34. The third-order valence-electron chi connectivity index (χ3n) is 2.27. The molecule has 0 radical (unpaired) electrons. The average molecular weight is 214 g/mol. The molecule has 2 heteroatoms. The summed E-state index contributed by atoms with van der Waals surface area (Å²) in [6.45, 7) is 8.04. The molecule has 0 fully saturated rings. The lowest BCUT2D eigenvalue weighted by atomic mass is 10.1. The van der Waals surface area contributed by atoms with Gasteiger partial charge in [-0.2, -0.15) is 0 Å². The van der Waals surface area contributed by atoms with Gasteiger partial charge in [-0.05, 0) is 30.7 Å². The first-order valence-electron chi connectivity index (χ1n) is 5.22. The fraction of sp³-hybridized carbons (Fsp3) is 0.143. The molecule has 1 aliphatic heterocycles. The van der Waals surface area contributed by atoms with Gasteiger partial charge in [-0.15, -0.1) is 6.58 Å². The van der Waals surface area contributed by atoms with Crippen LogP contribution in [0.2, 0.25) is 0 Å². The Hall–Kier alpha value is -1.96. The van der Waals surface area contributed by atoms with Gasteiger partial charge in [-0.1, -0.05) is 12.7 Å². The first-order chi connectivity index (χ1) is 7.79. The van der Waals surface area contributed by atoms with Gasteiger partial charge < -0.3 is 9.47 Å². The van der Waals surface area contributed by atoms with Crippen LogP contribution in [-0.2, 0) is 0 Å². The topological polar surface area (TPSA) is 18.5 Å². The maximum atomic E-state index is 5.54. The maximum absolute atomic E-state index is 5.54. The van der Waals surface area contributed by atoms with Gasteiger partial charge >= 0.3 is 0 Å². The molecular weight excluding hydrogens is 200 g/mol. The van der Waals surface area contributed by atoms with Crippen LogP contribution in [0.3, 0.4) is 0 Å². The Morgan fingerprint density at radius 2 is 2.19 bits per heavy atom. The summed E-state index contributed by atoms with van der Waals surface area (Å²) < 4.78 is 11.0. The fourth-order valence-corrected chi connectivity index (χ4v) is 1.45. The highest BCUT2D eigenvalue weighted by atomic mass is 16.5. The van der Waals surface area contributed by atoms with Gasteiger partial charge in [0.2, 0.25) is 0 Å². The number of benzene rings is 1. The molecule has 2 nitrogen and oxygen atoms in total. The Labute approximate surface area is 95.5 Å². The van der Waals surface area contributed by atoms with E-state index in [2.05, 4.69) is 13.2 Å². The summed E-state index contributed by atoms with van der Waals surface area (Å²) in [5.74, 6) is 2.25. The molecule has 0 amide bonds. The van der Waals surface area contributed by atoms with E-state index >= 15 is 0 Å². The van der Waals surface area contributed by atoms with Crippen molar-refractivity contribution in [3.8, 4) is 11.5 Å². The number of hydrogen-bond acceptors (Lipinski definition) is 2. The van der Waals surface area contributed by atoms with E-state index in [4.69, 9.17) is 9.47 Å². The Kier molecular flexibility index (Phi) is 3.10. The summed E-state index contributed by atoms with van der Waals surface area (Å²) in [6.07, 6.45) is 6.50. The lowest BCUT2D eigenvalue weighted by Gasteiger charge is -2.15. The number of allylic oxidation sites excluding steroid dienone is 1. The molecule has 82 valence electrons. The molecule has 0 N–H and O–H groups in total. The lowest BCUT2D eigenvalue weighted by Crippen LogP contribution is -2.00. The van der Waals surface area contributed by atoms with Crippen LogP contribution in [0.25, 0.3) is 6.08 Å². The maximum Gasteiger partial charge on any atom is 0.138 e. The first-order valence-corrected chi connectivity index (χ1v) is 5.22. The van der Waals surface area contributed by atoms with E-state index in [0.717, 1.165) is 23.5 Å². The molecular formula is C14H14O2. The monoisotopic (exact) mass is 214 g/mol. The van der Waals surface area contributed by atoms with Crippen LogP contribution in [0.1, 0.15) is 12.0 Å². The van der Waals surface area contributed by atoms with E-state index in [1.54, 1.807) is 0 Å². The summed E-state index contributed by atoms with van der Waals surface area (Å²) >= 11 is 0. The van der Waals surface area contributed by atoms with Crippen LogP contribution >= 0.6 is 0 Å². The molecule has 1 aromatic carbocycles. The van der Waals surface area contributed by atoms with Crippen molar-refractivity contribution >= 4 is 6.08 Å². The van der Waals surface area contributed by atoms with Crippen molar-refractivity contribution < 1.29 is 9.47 Å². The van der Waals surface area contributed by atoms with E-state index in [9.17, 15) is 0 Å². The molecule has 2 rings (SSSR count). The second-order valence-electron chi connectivity index (χ2n) is 3.53. The minimum absolute atomic E-state index is 0.638. The molecule has 0 saturated heterocycles. The van der Waals surface area contributed by atoms with Gasteiger partial charge in [-0.25, -0.2) is 0 Å². The molecule has 0 saturated carbocycles. The third-order valence-corrected chi connectivity index (χ3v) is 2.27. The smallest absolute Gasteiger partial charge is 0.138 e. The van der Waals surface area contributed by atoms with Crippen molar-refractivity contribution in [2.24, 2.45) is 0 Å². The van der Waals surface area contributed by atoms with E-state index < -0.39 is 0 Å². The number of fused-ring (bicyclic) bond motifs is 1. The molecule has 0 bridgehead atoms. The van der Waals surface area contributed by atoms with Crippen LogP contribution in [0.5, 0.6) is 11.5 Å². The molecule has 16 heavy (non-hydrogen) atoms. The quantitative estimate of drug-likeness (QED) is 0.563. The van der Waals surface area contributed by atoms with Crippen LogP contribution in [0.4, 0.5) is 0 Å². The highest BCUT2D eigenvalue weighted by molar-refractivity contribution is 5.63. The van der Waals surface area contributed by atoms with Crippen LogP contribution in [0, 0.1) is 0 Å². The van der Waals surface area contributed by atoms with E-state index in [-0.39, 0.29) is 0 Å². The predicted molar refractivity (Wildman–Crippen MR) is 65.6 cm³/mol. The van der Waals surface area contributed by atoms with Gasteiger partial charge in [-0.3, -0.25) is 0 Å². The number of hydrogen-bond donors (Lipinski definition) is 0. The van der Waals surface area contributed by atoms with Gasteiger partial charge in [0.1, 0.15) is 17.3 Å². The Bertz CT molecular complexity index is 444. The summed E-state index contributed by atoms with van der Waals surface area (Å²) in [7, 11) is 0. The predicted octanol–water partition coefficient (Wildman–Crippen LogP) is 3.56. The molecule has 0 aliphatic carbocycles. The first kappa shape index (κ1) is 10.6. The van der Waals surface area contributed by atoms with Crippen molar-refractivity contribution in [1.29, 1.82) is 0 Å². The summed E-state index contributed by atoms with van der Waals surface area (Å²) in [5, 5.41) is 0. The summed E-state index contributed by atoms with van der Waals surface area (Å²) in [5.41, 5.74) is 1.04. The Morgan fingerprint density at radius 3 is 3.00 bits per heavy atom. The molecule has 1 aromatic rings. The fourth-order valence-electron chi connectivity index (χ4n) is 1.45. The van der Waals surface area contributed by atoms with Gasteiger partial charge in [0.25, 0.3) is 0 Å². The molecule has 0 spiro atoms. The average Bonchev–Trinajstić information content (AvgIpc) is 2.29. The van der Waals surface area contributed by atoms with Crippen molar-refractivity contribution in [2.45, 2.75) is 6.42 Å².